The van der Waals surface area contributed by atoms with Gasteiger partial charge in [-0.1, -0.05) is 32.6 Å². The maximum Gasteiger partial charge on any atom is 0.252 e. The lowest BCUT2D eigenvalue weighted by molar-refractivity contribution is -0.163. The molecule has 0 aromatic carbocycles. The molecule has 3 atom stereocenters. The van der Waals surface area contributed by atoms with Crippen LogP contribution in [0.5, 0.6) is 0 Å². The van der Waals surface area contributed by atoms with E-state index in [0.717, 1.165) is 32.1 Å². The third kappa shape index (κ3) is 6.62. The van der Waals surface area contributed by atoms with Crippen LogP contribution in [0.4, 0.5) is 0 Å². The van der Waals surface area contributed by atoms with Crippen LogP contribution in [-0.4, -0.2) is 59.1 Å². The Balaban J connectivity index is 2.15. The van der Waals surface area contributed by atoms with Crippen LogP contribution >= 0.6 is 0 Å². The molecular weight excluding hydrogens is 384 g/mol. The average molecular weight is 423 g/mol. The topological polar surface area (TPSA) is 92.8 Å². The van der Waals surface area contributed by atoms with Crippen molar-refractivity contribution in [1.82, 2.24) is 10.2 Å². The van der Waals surface area contributed by atoms with Crippen LogP contribution in [0, 0.1) is 5.92 Å². The predicted molar refractivity (Wildman–Crippen MR) is 114 cm³/mol. The van der Waals surface area contributed by atoms with Crippen LogP contribution in [0.15, 0.2) is 0 Å². The van der Waals surface area contributed by atoms with Crippen LogP contribution < -0.4 is 5.32 Å². The number of hydrogen-bond acceptors (Lipinski definition) is 5. The summed E-state index contributed by atoms with van der Waals surface area (Å²) in [5.74, 6) is -0.938. The first-order valence-electron chi connectivity index (χ1n) is 11.5. The minimum absolute atomic E-state index is 0.122. The largest absolute Gasteiger partial charge is 0.363 e. The van der Waals surface area contributed by atoms with Crippen molar-refractivity contribution < 1.29 is 23.9 Å². The van der Waals surface area contributed by atoms with E-state index in [0.29, 0.717) is 25.8 Å². The van der Waals surface area contributed by atoms with Crippen LogP contribution in [0.3, 0.4) is 0 Å². The Morgan fingerprint density at radius 3 is 2.33 bits per heavy atom. The first kappa shape index (κ1) is 24.5. The number of carbonyl (C=O) groups excluding carboxylic acids is 4. The fourth-order valence-electron chi connectivity index (χ4n) is 4.56. The molecule has 2 rings (SSSR count). The number of ether oxygens (including phenoxy) is 1. The van der Waals surface area contributed by atoms with Crippen molar-refractivity contribution in [3.05, 3.63) is 0 Å². The Hall–Kier alpha value is -1.76. The summed E-state index contributed by atoms with van der Waals surface area (Å²) >= 11 is 0. The maximum atomic E-state index is 13.5. The lowest BCUT2D eigenvalue weighted by atomic mass is 9.84. The van der Waals surface area contributed by atoms with Crippen molar-refractivity contribution in [2.45, 2.75) is 109 Å². The summed E-state index contributed by atoms with van der Waals surface area (Å²) in [6.45, 7) is 8.24. The molecule has 1 saturated carbocycles. The molecule has 30 heavy (non-hydrogen) atoms. The molecule has 0 aromatic rings. The smallest absolute Gasteiger partial charge is 0.252 e. The highest BCUT2D eigenvalue weighted by atomic mass is 16.5. The summed E-state index contributed by atoms with van der Waals surface area (Å²) in [5, 5.41) is 2.71. The molecule has 7 heteroatoms. The van der Waals surface area contributed by atoms with E-state index in [9.17, 15) is 19.2 Å². The van der Waals surface area contributed by atoms with Crippen molar-refractivity contribution in [2.24, 2.45) is 5.92 Å². The molecule has 1 aliphatic carbocycles. The van der Waals surface area contributed by atoms with Crippen LogP contribution in [0.2, 0.25) is 0 Å². The third-order valence-corrected chi connectivity index (χ3v) is 5.99. The van der Waals surface area contributed by atoms with Crippen LogP contribution in [-0.2, 0) is 23.9 Å². The van der Waals surface area contributed by atoms with E-state index in [1.54, 1.807) is 4.90 Å². The highest BCUT2D eigenvalue weighted by molar-refractivity contribution is 6.28. The molecule has 170 valence electrons. The molecule has 2 aliphatic rings. The number of carbonyl (C=O) groups is 4. The summed E-state index contributed by atoms with van der Waals surface area (Å²) < 4.78 is 6.23. The number of Topliss-reactive ketones (excluding diaryl/α,β-unsaturated/α-hetero) is 1. The van der Waals surface area contributed by atoms with Gasteiger partial charge in [0.05, 0.1) is 11.6 Å². The van der Waals surface area contributed by atoms with E-state index >= 15 is 0 Å². The van der Waals surface area contributed by atoms with Gasteiger partial charge in [-0.15, -0.1) is 0 Å². The molecule has 0 aromatic heterocycles. The van der Waals surface area contributed by atoms with Gasteiger partial charge in [0.2, 0.25) is 11.7 Å². The van der Waals surface area contributed by atoms with Gasteiger partial charge in [0.15, 0.2) is 6.29 Å². The molecule has 7 nitrogen and oxygen atoms in total. The van der Waals surface area contributed by atoms with Crippen LogP contribution in [0.1, 0.15) is 85.5 Å². The Kier molecular flexibility index (Phi) is 9.01. The highest BCUT2D eigenvalue weighted by Crippen LogP contribution is 2.32. The highest BCUT2D eigenvalue weighted by Gasteiger charge is 2.42. The molecule has 2 amide bonds. The van der Waals surface area contributed by atoms with Gasteiger partial charge in [0, 0.05) is 6.54 Å². The summed E-state index contributed by atoms with van der Waals surface area (Å²) in [7, 11) is 0. The average Bonchev–Trinajstić information content (AvgIpc) is 3.20. The van der Waals surface area contributed by atoms with Gasteiger partial charge >= 0.3 is 0 Å². The molecule has 1 heterocycles. The fourth-order valence-corrected chi connectivity index (χ4v) is 4.56. The van der Waals surface area contributed by atoms with Gasteiger partial charge in [-0.3, -0.25) is 19.2 Å². The molecule has 2 fully saturated rings. The first-order chi connectivity index (χ1) is 14.2. The number of ketones is 1. The number of nitrogens with one attached hydrogen (secondary N) is 1. The van der Waals surface area contributed by atoms with E-state index < -0.39 is 29.6 Å². The van der Waals surface area contributed by atoms with Crippen LogP contribution in [0.25, 0.3) is 0 Å². The van der Waals surface area contributed by atoms with E-state index in [4.69, 9.17) is 4.74 Å². The number of aldehydes is 1. The number of rotatable bonds is 9. The minimum atomic E-state index is -0.822. The molecule has 1 N–H and O–H groups in total. The summed E-state index contributed by atoms with van der Waals surface area (Å²) in [5.41, 5.74) is -0.460. The number of amides is 2. The Morgan fingerprint density at radius 2 is 1.77 bits per heavy atom. The Bertz CT molecular complexity index is 622. The van der Waals surface area contributed by atoms with Crippen molar-refractivity contribution >= 4 is 23.9 Å². The second-order valence-corrected chi connectivity index (χ2v) is 9.61. The van der Waals surface area contributed by atoms with E-state index in [1.165, 1.54) is 6.42 Å². The summed E-state index contributed by atoms with van der Waals surface area (Å²) in [4.78, 5) is 50.9. The Morgan fingerprint density at radius 1 is 1.10 bits per heavy atom. The zero-order valence-electron chi connectivity index (χ0n) is 18.9. The Labute approximate surface area is 180 Å². The van der Waals surface area contributed by atoms with Crippen molar-refractivity contribution in [1.29, 1.82) is 0 Å². The summed E-state index contributed by atoms with van der Waals surface area (Å²) in [6, 6.07) is -1.44. The van der Waals surface area contributed by atoms with Crippen molar-refractivity contribution in [2.75, 3.05) is 6.54 Å². The molecule has 0 spiro atoms. The molecular formula is C23H38N2O5. The lowest BCUT2D eigenvalue weighted by Crippen LogP contribution is -2.54. The zero-order valence-corrected chi connectivity index (χ0v) is 18.9. The fraction of sp³-hybridized carbons (Fsp3) is 0.826. The molecule has 0 radical (unpaired) electrons. The second-order valence-electron chi connectivity index (χ2n) is 9.61. The normalized spacial score (nSPS) is 22.4. The first-order valence-corrected chi connectivity index (χ1v) is 11.5. The van der Waals surface area contributed by atoms with E-state index in [2.05, 4.69) is 5.32 Å². The van der Waals surface area contributed by atoms with Gasteiger partial charge in [0.25, 0.3) is 5.91 Å². The van der Waals surface area contributed by atoms with Gasteiger partial charge in [-0.25, -0.2) is 0 Å². The van der Waals surface area contributed by atoms with Crippen molar-refractivity contribution in [3.63, 3.8) is 0 Å². The standard InChI is InChI=1S/C23H38N2O5/c1-5-10-17(19(27)15-26)24-21(28)18-13-9-14-25(18)22(29)20(30-23(2,3)4)16-11-7-6-8-12-16/h15-18,20H,5-14H2,1-4H3,(H,24,28). The van der Waals surface area contributed by atoms with E-state index in [-0.39, 0.29) is 24.0 Å². The van der Waals surface area contributed by atoms with Gasteiger partial charge in [-0.2, -0.15) is 0 Å². The predicted octanol–water partition coefficient (Wildman–Crippen LogP) is 2.79. The minimum Gasteiger partial charge on any atom is -0.363 e. The number of nitrogens with zero attached hydrogens (tertiary/aromatic N) is 1. The molecule has 1 aliphatic heterocycles. The van der Waals surface area contributed by atoms with Gasteiger partial charge < -0.3 is 15.0 Å². The monoisotopic (exact) mass is 422 g/mol. The molecule has 0 bridgehead atoms. The third-order valence-electron chi connectivity index (χ3n) is 5.99. The lowest BCUT2D eigenvalue weighted by Gasteiger charge is -2.37. The number of likely N-dealkylation sites (tertiary alicyclic amines) is 1. The maximum absolute atomic E-state index is 13.5. The van der Waals surface area contributed by atoms with Gasteiger partial charge in [0.1, 0.15) is 12.1 Å². The molecule has 1 saturated heterocycles. The SMILES string of the molecule is CCCC(NC(=O)C1CCCN1C(=O)C(OC(C)(C)C)C1CCCCC1)C(=O)C=O. The molecule has 3 unspecified atom stereocenters. The van der Waals surface area contributed by atoms with E-state index in [1.807, 2.05) is 27.7 Å². The van der Waals surface area contributed by atoms with Gasteiger partial charge in [-0.05, 0) is 58.8 Å². The second kappa shape index (κ2) is 11.0. The quantitative estimate of drug-likeness (QED) is 0.456. The zero-order chi connectivity index (χ0) is 22.3. The number of hydrogen-bond donors (Lipinski definition) is 1. The van der Waals surface area contributed by atoms with Crippen molar-refractivity contribution in [3.8, 4) is 0 Å². The summed E-state index contributed by atoms with van der Waals surface area (Å²) in [6.07, 6.45) is 7.36.